The normalized spacial score (nSPS) is 11.4. The first-order valence-electron chi connectivity index (χ1n) is 8.39. The molecule has 2 aromatic carbocycles. The summed E-state index contributed by atoms with van der Waals surface area (Å²) >= 11 is 0. The van der Waals surface area contributed by atoms with E-state index in [1.54, 1.807) is 19.2 Å². The third kappa shape index (κ3) is 4.49. The van der Waals surface area contributed by atoms with Crippen LogP contribution >= 0.6 is 0 Å². The lowest BCUT2D eigenvalue weighted by Gasteiger charge is -2.19. The van der Waals surface area contributed by atoms with Gasteiger partial charge < -0.3 is 24.6 Å². The quantitative estimate of drug-likeness (QED) is 0.735. The van der Waals surface area contributed by atoms with Crippen molar-refractivity contribution in [3.8, 4) is 17.2 Å². The van der Waals surface area contributed by atoms with Gasteiger partial charge in [0, 0.05) is 0 Å². The smallest absolute Gasteiger partial charge is 0.335 e. The van der Waals surface area contributed by atoms with Gasteiger partial charge in [-0.05, 0) is 36.2 Å². The largest absolute Gasteiger partial charge is 0.497 e. The first-order chi connectivity index (χ1) is 12.9. The van der Waals surface area contributed by atoms with Crippen LogP contribution in [0.1, 0.15) is 35.2 Å². The Balaban J connectivity index is 2.36. The van der Waals surface area contributed by atoms with Crippen LogP contribution in [-0.2, 0) is 4.79 Å². The van der Waals surface area contributed by atoms with Gasteiger partial charge in [-0.2, -0.15) is 0 Å². The molecule has 144 valence electrons. The first-order valence-corrected chi connectivity index (χ1v) is 8.39. The maximum Gasteiger partial charge on any atom is 0.335 e. The van der Waals surface area contributed by atoms with Gasteiger partial charge in [0.05, 0.1) is 38.5 Å². The zero-order valence-electron chi connectivity index (χ0n) is 15.7. The van der Waals surface area contributed by atoms with Crippen molar-refractivity contribution in [2.24, 2.45) is 0 Å². The van der Waals surface area contributed by atoms with Crippen molar-refractivity contribution in [1.82, 2.24) is 0 Å². The van der Waals surface area contributed by atoms with E-state index in [0.717, 1.165) is 5.56 Å². The van der Waals surface area contributed by atoms with Crippen molar-refractivity contribution in [2.45, 2.75) is 19.3 Å². The van der Waals surface area contributed by atoms with Gasteiger partial charge in [-0.25, -0.2) is 4.79 Å². The van der Waals surface area contributed by atoms with Gasteiger partial charge >= 0.3 is 5.97 Å². The molecule has 2 aromatic rings. The molecule has 7 heteroatoms. The molecule has 0 radical (unpaired) electrons. The SMILES string of the molecule is CCC(C(=O)Nc1cc(C(=O)O)cc(OC)c1OC)c1ccc(OC)cc1. The Labute approximate surface area is 157 Å². The van der Waals surface area contributed by atoms with Crippen LogP contribution in [0, 0.1) is 0 Å². The standard InChI is InChI=1S/C20H23NO6/c1-5-15(12-6-8-14(25-2)9-7-12)19(22)21-16-10-13(20(23)24)11-17(26-3)18(16)27-4/h6-11,15H,5H2,1-4H3,(H,21,22)(H,23,24). The average molecular weight is 373 g/mol. The summed E-state index contributed by atoms with van der Waals surface area (Å²) in [6.07, 6.45) is 0.566. The lowest BCUT2D eigenvalue weighted by Crippen LogP contribution is -2.21. The van der Waals surface area contributed by atoms with Gasteiger partial charge in [-0.1, -0.05) is 19.1 Å². The van der Waals surface area contributed by atoms with Gasteiger partial charge in [-0.15, -0.1) is 0 Å². The topological polar surface area (TPSA) is 94.1 Å². The Hall–Kier alpha value is -3.22. The van der Waals surface area contributed by atoms with Crippen molar-refractivity contribution in [2.75, 3.05) is 26.6 Å². The third-order valence-corrected chi connectivity index (χ3v) is 4.23. The number of carboxylic acids is 1. The van der Waals surface area contributed by atoms with Crippen LogP contribution in [0.25, 0.3) is 0 Å². The third-order valence-electron chi connectivity index (χ3n) is 4.23. The summed E-state index contributed by atoms with van der Waals surface area (Å²) < 4.78 is 15.6. The van der Waals surface area contributed by atoms with Crippen LogP contribution in [0.15, 0.2) is 36.4 Å². The molecular weight excluding hydrogens is 350 g/mol. The number of benzene rings is 2. The molecule has 1 amide bonds. The van der Waals surface area contributed by atoms with Crippen LogP contribution in [-0.4, -0.2) is 38.3 Å². The predicted octanol–water partition coefficient (Wildman–Crippen LogP) is 3.54. The Morgan fingerprint density at radius 2 is 1.70 bits per heavy atom. The number of amides is 1. The Kier molecular flexibility index (Phi) is 6.65. The van der Waals surface area contributed by atoms with Crippen molar-refractivity contribution < 1.29 is 28.9 Å². The second-order valence-corrected chi connectivity index (χ2v) is 5.79. The Morgan fingerprint density at radius 3 is 2.19 bits per heavy atom. The van der Waals surface area contributed by atoms with E-state index < -0.39 is 11.9 Å². The van der Waals surface area contributed by atoms with Crippen LogP contribution in [0.2, 0.25) is 0 Å². The summed E-state index contributed by atoms with van der Waals surface area (Å²) in [5.74, 6) is -0.625. The van der Waals surface area contributed by atoms with E-state index in [1.165, 1.54) is 26.4 Å². The second kappa shape index (κ2) is 8.93. The summed E-state index contributed by atoms with van der Waals surface area (Å²) in [5.41, 5.74) is 1.06. The van der Waals surface area contributed by atoms with Gasteiger partial charge in [0.15, 0.2) is 11.5 Å². The number of carbonyl (C=O) groups is 2. The number of anilines is 1. The van der Waals surface area contributed by atoms with Gasteiger partial charge in [0.2, 0.25) is 5.91 Å². The number of nitrogens with one attached hydrogen (secondary N) is 1. The highest BCUT2D eigenvalue weighted by Crippen LogP contribution is 2.37. The van der Waals surface area contributed by atoms with E-state index in [2.05, 4.69) is 5.32 Å². The summed E-state index contributed by atoms with van der Waals surface area (Å²) in [4.78, 5) is 24.2. The van der Waals surface area contributed by atoms with Gasteiger partial charge in [0.25, 0.3) is 0 Å². The zero-order valence-corrected chi connectivity index (χ0v) is 15.7. The summed E-state index contributed by atoms with van der Waals surface area (Å²) in [6, 6.07) is 9.94. The number of hydrogen-bond acceptors (Lipinski definition) is 5. The molecule has 1 atom stereocenters. The number of ether oxygens (including phenoxy) is 3. The molecule has 0 aromatic heterocycles. The molecule has 0 bridgehead atoms. The van der Waals surface area contributed by atoms with E-state index in [9.17, 15) is 14.7 Å². The fourth-order valence-corrected chi connectivity index (χ4v) is 2.81. The maximum absolute atomic E-state index is 12.9. The van der Waals surface area contributed by atoms with Crippen LogP contribution < -0.4 is 19.5 Å². The molecule has 7 nitrogen and oxygen atoms in total. The summed E-state index contributed by atoms with van der Waals surface area (Å²) in [7, 11) is 4.41. The van der Waals surface area contributed by atoms with Crippen molar-refractivity contribution in [3.63, 3.8) is 0 Å². The highest BCUT2D eigenvalue weighted by molar-refractivity contribution is 5.99. The van der Waals surface area contributed by atoms with Crippen LogP contribution in [0.5, 0.6) is 17.2 Å². The van der Waals surface area contributed by atoms with Gasteiger partial charge in [-0.3, -0.25) is 4.79 Å². The molecule has 0 aliphatic carbocycles. The highest BCUT2D eigenvalue weighted by Gasteiger charge is 2.23. The number of carboxylic acid groups (broad SMARTS) is 1. The summed E-state index contributed by atoms with van der Waals surface area (Å²) in [6.45, 7) is 1.90. The molecule has 2 rings (SSSR count). The fraction of sp³-hybridized carbons (Fsp3) is 0.300. The van der Waals surface area contributed by atoms with E-state index in [1.807, 2.05) is 19.1 Å². The summed E-state index contributed by atoms with van der Waals surface area (Å²) in [5, 5.41) is 12.1. The minimum Gasteiger partial charge on any atom is -0.497 e. The van der Waals surface area contributed by atoms with Crippen molar-refractivity contribution in [3.05, 3.63) is 47.5 Å². The maximum atomic E-state index is 12.9. The minimum atomic E-state index is -1.13. The molecule has 0 heterocycles. The number of aromatic carboxylic acids is 1. The van der Waals surface area contributed by atoms with Crippen molar-refractivity contribution >= 4 is 17.6 Å². The van der Waals surface area contributed by atoms with Crippen LogP contribution in [0.4, 0.5) is 5.69 Å². The molecular formula is C20H23NO6. The lowest BCUT2D eigenvalue weighted by molar-refractivity contribution is -0.117. The molecule has 27 heavy (non-hydrogen) atoms. The van der Waals surface area contributed by atoms with E-state index in [0.29, 0.717) is 12.2 Å². The number of methoxy groups -OCH3 is 3. The van der Waals surface area contributed by atoms with E-state index >= 15 is 0 Å². The lowest BCUT2D eigenvalue weighted by atomic mass is 9.95. The number of rotatable bonds is 8. The Morgan fingerprint density at radius 1 is 1.04 bits per heavy atom. The predicted molar refractivity (Wildman–Crippen MR) is 101 cm³/mol. The average Bonchev–Trinajstić information content (AvgIpc) is 2.68. The number of carbonyl (C=O) groups excluding carboxylic acids is 1. The molecule has 0 spiro atoms. The molecule has 2 N–H and O–H groups in total. The molecule has 0 saturated heterocycles. The first kappa shape index (κ1) is 20.1. The molecule has 0 saturated carbocycles. The highest BCUT2D eigenvalue weighted by atomic mass is 16.5. The fourth-order valence-electron chi connectivity index (χ4n) is 2.81. The molecule has 0 aliphatic heterocycles. The second-order valence-electron chi connectivity index (χ2n) is 5.79. The van der Waals surface area contributed by atoms with E-state index in [-0.39, 0.29) is 28.7 Å². The zero-order chi connectivity index (χ0) is 20.0. The monoisotopic (exact) mass is 373 g/mol. The van der Waals surface area contributed by atoms with Crippen molar-refractivity contribution in [1.29, 1.82) is 0 Å². The molecule has 0 aliphatic rings. The number of hydrogen-bond donors (Lipinski definition) is 2. The Bertz CT molecular complexity index is 816. The van der Waals surface area contributed by atoms with E-state index in [4.69, 9.17) is 14.2 Å². The van der Waals surface area contributed by atoms with Gasteiger partial charge in [0.1, 0.15) is 5.75 Å². The molecule has 0 fully saturated rings. The van der Waals surface area contributed by atoms with Crippen LogP contribution in [0.3, 0.4) is 0 Å². The minimum absolute atomic E-state index is 0.0135. The molecule has 1 unspecified atom stereocenters.